The molecule has 0 spiro atoms. The topological polar surface area (TPSA) is 95.7 Å². The fraction of sp³-hybridized carbons (Fsp3) is 0.867. The molecular weight excluding hydrogens is 270 g/mol. The Hall–Kier alpha value is -1.30. The van der Waals surface area contributed by atoms with Gasteiger partial charge in [0.2, 0.25) is 0 Å². The summed E-state index contributed by atoms with van der Waals surface area (Å²) < 4.78 is 0. The lowest BCUT2D eigenvalue weighted by Gasteiger charge is -2.37. The van der Waals surface area contributed by atoms with Crippen LogP contribution in [0.5, 0.6) is 0 Å². The van der Waals surface area contributed by atoms with Gasteiger partial charge in [0.25, 0.3) is 0 Å². The van der Waals surface area contributed by atoms with Crippen molar-refractivity contribution >= 4 is 12.0 Å². The molecule has 2 unspecified atom stereocenters. The first-order chi connectivity index (χ1) is 10.0. The third-order valence-corrected chi connectivity index (χ3v) is 4.79. The van der Waals surface area contributed by atoms with Gasteiger partial charge in [0.1, 0.15) is 0 Å². The third kappa shape index (κ3) is 5.19. The van der Waals surface area contributed by atoms with Gasteiger partial charge in [0, 0.05) is 25.6 Å². The van der Waals surface area contributed by atoms with Crippen molar-refractivity contribution in [1.82, 2.24) is 10.2 Å². The van der Waals surface area contributed by atoms with Gasteiger partial charge < -0.3 is 21.1 Å². The van der Waals surface area contributed by atoms with Gasteiger partial charge in [-0.1, -0.05) is 12.8 Å². The van der Waals surface area contributed by atoms with Crippen LogP contribution in [0.2, 0.25) is 0 Å². The molecule has 0 aromatic heterocycles. The molecule has 120 valence electrons. The molecule has 6 heteroatoms. The molecule has 0 aromatic carbocycles. The molecule has 2 aliphatic rings. The Morgan fingerprint density at radius 1 is 1.19 bits per heavy atom. The van der Waals surface area contributed by atoms with E-state index in [4.69, 9.17) is 10.8 Å². The number of rotatable bonds is 6. The van der Waals surface area contributed by atoms with Crippen molar-refractivity contribution < 1.29 is 14.7 Å². The predicted molar refractivity (Wildman–Crippen MR) is 79.9 cm³/mol. The minimum atomic E-state index is -0.776. The minimum Gasteiger partial charge on any atom is -0.481 e. The van der Waals surface area contributed by atoms with E-state index >= 15 is 0 Å². The van der Waals surface area contributed by atoms with Crippen LogP contribution >= 0.6 is 0 Å². The lowest BCUT2D eigenvalue weighted by molar-refractivity contribution is -0.137. The third-order valence-electron chi connectivity index (χ3n) is 4.79. The predicted octanol–water partition coefficient (Wildman–Crippen LogP) is 1.40. The van der Waals surface area contributed by atoms with Crippen molar-refractivity contribution in [3.8, 4) is 0 Å². The van der Waals surface area contributed by atoms with Crippen molar-refractivity contribution in [1.29, 1.82) is 0 Å². The highest BCUT2D eigenvalue weighted by molar-refractivity contribution is 5.72. The Bertz CT molecular complexity index is 369. The molecule has 1 saturated heterocycles. The van der Waals surface area contributed by atoms with Gasteiger partial charge in [-0.05, 0) is 44.1 Å². The molecule has 0 bridgehead atoms. The normalized spacial score (nSPS) is 27.0. The van der Waals surface area contributed by atoms with Crippen LogP contribution in [-0.4, -0.2) is 47.7 Å². The molecule has 0 aromatic rings. The molecule has 1 aliphatic carbocycles. The lowest BCUT2D eigenvalue weighted by atomic mass is 9.90. The van der Waals surface area contributed by atoms with Crippen LogP contribution in [-0.2, 0) is 4.79 Å². The maximum Gasteiger partial charge on any atom is 0.314 e. The molecule has 21 heavy (non-hydrogen) atoms. The number of nitrogens with two attached hydrogens (primary N) is 1. The highest BCUT2D eigenvalue weighted by atomic mass is 16.4. The summed E-state index contributed by atoms with van der Waals surface area (Å²) in [6.07, 6.45) is 6.94. The number of carbonyl (C=O) groups excluding carboxylic acids is 1. The van der Waals surface area contributed by atoms with Crippen LogP contribution in [0.15, 0.2) is 0 Å². The van der Waals surface area contributed by atoms with E-state index in [1.807, 2.05) is 0 Å². The van der Waals surface area contributed by atoms with E-state index in [1.165, 1.54) is 25.7 Å². The zero-order valence-corrected chi connectivity index (χ0v) is 12.6. The van der Waals surface area contributed by atoms with Crippen LogP contribution in [0.3, 0.4) is 0 Å². The van der Waals surface area contributed by atoms with Crippen molar-refractivity contribution in [2.24, 2.45) is 17.6 Å². The van der Waals surface area contributed by atoms with Crippen LogP contribution in [0, 0.1) is 11.8 Å². The average molecular weight is 297 g/mol. The molecule has 2 fully saturated rings. The van der Waals surface area contributed by atoms with Crippen molar-refractivity contribution in [2.45, 2.75) is 51.0 Å². The number of piperidine rings is 1. The van der Waals surface area contributed by atoms with E-state index in [2.05, 4.69) is 5.32 Å². The first kappa shape index (κ1) is 16.1. The van der Waals surface area contributed by atoms with E-state index in [0.29, 0.717) is 19.5 Å². The van der Waals surface area contributed by atoms with Crippen molar-refractivity contribution in [2.75, 3.05) is 19.6 Å². The average Bonchev–Trinajstić information content (AvgIpc) is 2.96. The summed E-state index contributed by atoms with van der Waals surface area (Å²) in [6.45, 7) is 2.23. The maximum atomic E-state index is 11.4. The number of hydrogen-bond donors (Lipinski definition) is 3. The van der Waals surface area contributed by atoms with E-state index in [9.17, 15) is 9.59 Å². The van der Waals surface area contributed by atoms with Crippen LogP contribution in [0.4, 0.5) is 4.79 Å². The Labute approximate surface area is 126 Å². The summed E-state index contributed by atoms with van der Waals surface area (Å²) in [6, 6.07) is -0.159. The summed E-state index contributed by atoms with van der Waals surface area (Å²) in [5, 5.41) is 12.4. The largest absolute Gasteiger partial charge is 0.481 e. The first-order valence-electron chi connectivity index (χ1n) is 8.04. The minimum absolute atomic E-state index is 0.159. The second kappa shape index (κ2) is 7.64. The first-order valence-corrected chi connectivity index (χ1v) is 8.04. The molecule has 6 nitrogen and oxygen atoms in total. The Morgan fingerprint density at radius 2 is 1.90 bits per heavy atom. The monoisotopic (exact) mass is 297 g/mol. The smallest absolute Gasteiger partial charge is 0.314 e. The number of urea groups is 1. The molecule has 2 amide bonds. The van der Waals surface area contributed by atoms with E-state index in [-0.39, 0.29) is 18.4 Å². The second-order valence-electron chi connectivity index (χ2n) is 6.53. The SMILES string of the molecule is NC(=O)N1CC(CCC(=O)O)CC(NCC2CCCC2)C1. The number of hydrogen-bond acceptors (Lipinski definition) is 3. The van der Waals surface area contributed by atoms with Crippen LogP contribution in [0.25, 0.3) is 0 Å². The van der Waals surface area contributed by atoms with Crippen molar-refractivity contribution in [3.05, 3.63) is 0 Å². The number of likely N-dealkylation sites (tertiary alicyclic amines) is 1. The maximum absolute atomic E-state index is 11.4. The van der Waals surface area contributed by atoms with Gasteiger partial charge in [0.15, 0.2) is 0 Å². The highest BCUT2D eigenvalue weighted by Gasteiger charge is 2.29. The van der Waals surface area contributed by atoms with Crippen LogP contribution in [0.1, 0.15) is 44.9 Å². The highest BCUT2D eigenvalue weighted by Crippen LogP contribution is 2.25. The summed E-state index contributed by atoms with van der Waals surface area (Å²) in [5.41, 5.74) is 5.41. The zero-order chi connectivity index (χ0) is 15.2. The molecule has 2 atom stereocenters. The van der Waals surface area contributed by atoms with Gasteiger partial charge in [0.05, 0.1) is 0 Å². The van der Waals surface area contributed by atoms with E-state index < -0.39 is 12.0 Å². The molecular formula is C15H27N3O3. The number of carboxylic acid groups (broad SMARTS) is 1. The zero-order valence-electron chi connectivity index (χ0n) is 12.6. The van der Waals surface area contributed by atoms with Gasteiger partial charge in [-0.25, -0.2) is 4.79 Å². The molecule has 1 heterocycles. The standard InChI is InChI=1S/C15H27N3O3/c16-15(21)18-9-12(5-6-14(19)20)7-13(10-18)17-8-11-3-1-2-4-11/h11-13,17H,1-10H2,(H2,16,21)(H,19,20). The summed E-state index contributed by atoms with van der Waals surface area (Å²) in [7, 11) is 0. The van der Waals surface area contributed by atoms with E-state index in [0.717, 1.165) is 18.9 Å². The summed E-state index contributed by atoms with van der Waals surface area (Å²) in [5.74, 6) is 0.205. The Balaban J connectivity index is 1.83. The number of primary amides is 1. The van der Waals surface area contributed by atoms with Gasteiger partial charge >= 0.3 is 12.0 Å². The van der Waals surface area contributed by atoms with Crippen LogP contribution < -0.4 is 11.1 Å². The summed E-state index contributed by atoms with van der Waals surface area (Å²) >= 11 is 0. The Kier molecular flexibility index (Phi) is 5.85. The molecule has 1 saturated carbocycles. The van der Waals surface area contributed by atoms with Gasteiger partial charge in [-0.2, -0.15) is 0 Å². The fourth-order valence-corrected chi connectivity index (χ4v) is 3.62. The molecule has 2 rings (SSSR count). The van der Waals surface area contributed by atoms with E-state index in [1.54, 1.807) is 4.90 Å². The number of amides is 2. The molecule has 4 N–H and O–H groups in total. The quantitative estimate of drug-likeness (QED) is 0.690. The van der Waals surface area contributed by atoms with Crippen molar-refractivity contribution in [3.63, 3.8) is 0 Å². The number of carboxylic acids is 1. The second-order valence-corrected chi connectivity index (χ2v) is 6.53. The number of aliphatic carboxylic acids is 1. The summed E-state index contributed by atoms with van der Waals surface area (Å²) in [4.78, 5) is 23.8. The Morgan fingerprint density at radius 3 is 2.52 bits per heavy atom. The molecule has 0 radical (unpaired) electrons. The van der Waals surface area contributed by atoms with Gasteiger partial charge in [-0.3, -0.25) is 4.79 Å². The number of nitrogens with one attached hydrogen (secondary N) is 1. The lowest BCUT2D eigenvalue weighted by Crippen LogP contribution is -2.53. The number of carbonyl (C=O) groups is 2. The molecule has 1 aliphatic heterocycles. The number of nitrogens with zero attached hydrogens (tertiary/aromatic N) is 1. The fourth-order valence-electron chi connectivity index (χ4n) is 3.62. The van der Waals surface area contributed by atoms with Gasteiger partial charge in [-0.15, -0.1) is 0 Å².